The van der Waals surface area contributed by atoms with Gasteiger partial charge in [0.25, 0.3) is 0 Å². The topological polar surface area (TPSA) is 73.3 Å². The van der Waals surface area contributed by atoms with Crippen molar-refractivity contribution in [1.29, 1.82) is 0 Å². The molecule has 0 radical (unpaired) electrons. The normalized spacial score (nSPS) is 15.1. The Bertz CT molecular complexity index is 911. The third kappa shape index (κ3) is 3.63. The maximum absolute atomic E-state index is 5.47. The average molecular weight is 365 g/mol. The number of anilines is 1. The van der Waals surface area contributed by atoms with E-state index in [1.165, 1.54) is 5.56 Å². The van der Waals surface area contributed by atoms with Crippen LogP contribution in [0.5, 0.6) is 11.5 Å². The van der Waals surface area contributed by atoms with E-state index >= 15 is 0 Å². The number of methoxy groups -OCH3 is 2. The van der Waals surface area contributed by atoms with Crippen LogP contribution in [0.2, 0.25) is 0 Å². The molecule has 1 fully saturated rings. The second kappa shape index (κ2) is 7.73. The first-order valence-electron chi connectivity index (χ1n) is 9.14. The maximum Gasteiger partial charge on any atom is 0.161 e. The molecule has 1 saturated heterocycles. The zero-order valence-corrected chi connectivity index (χ0v) is 15.6. The number of nitrogens with zero attached hydrogens (tertiary/aromatic N) is 5. The summed E-state index contributed by atoms with van der Waals surface area (Å²) in [7, 11) is 3.29. The summed E-state index contributed by atoms with van der Waals surface area (Å²) in [5.41, 5.74) is 1.21. The monoisotopic (exact) mass is 365 g/mol. The van der Waals surface area contributed by atoms with E-state index in [1.807, 2.05) is 24.5 Å². The molecule has 1 aliphatic rings. The van der Waals surface area contributed by atoms with E-state index in [1.54, 1.807) is 26.7 Å². The van der Waals surface area contributed by atoms with E-state index in [0.717, 1.165) is 48.9 Å². The summed E-state index contributed by atoms with van der Waals surface area (Å²) < 4.78 is 10.9. The highest BCUT2D eigenvalue weighted by atomic mass is 16.5. The van der Waals surface area contributed by atoms with Crippen LogP contribution in [0.1, 0.15) is 18.4 Å². The quantitative estimate of drug-likeness (QED) is 0.688. The Morgan fingerprint density at radius 1 is 1.00 bits per heavy atom. The molecule has 0 amide bonds. The Labute approximate surface area is 158 Å². The molecule has 1 aromatic carbocycles. The number of hydrogen-bond acceptors (Lipinski definition) is 7. The molecule has 0 saturated carbocycles. The lowest BCUT2D eigenvalue weighted by Gasteiger charge is -2.33. The van der Waals surface area contributed by atoms with Gasteiger partial charge >= 0.3 is 0 Å². The van der Waals surface area contributed by atoms with E-state index in [0.29, 0.717) is 17.4 Å². The molecule has 0 N–H and O–H groups in total. The molecular formula is C20H23N5O2. The molecule has 3 aromatic rings. The van der Waals surface area contributed by atoms with Crippen molar-refractivity contribution in [3.05, 3.63) is 42.6 Å². The van der Waals surface area contributed by atoms with Crippen molar-refractivity contribution in [3.8, 4) is 11.5 Å². The Morgan fingerprint density at radius 2 is 1.70 bits per heavy atom. The molecule has 2 aromatic heterocycles. The summed E-state index contributed by atoms with van der Waals surface area (Å²) in [4.78, 5) is 10.5. The fourth-order valence-electron chi connectivity index (χ4n) is 3.75. The fourth-order valence-corrected chi connectivity index (χ4v) is 3.75. The van der Waals surface area contributed by atoms with Crippen LogP contribution >= 0.6 is 0 Å². The van der Waals surface area contributed by atoms with Gasteiger partial charge in [-0.3, -0.25) is 0 Å². The average Bonchev–Trinajstić information content (AvgIpc) is 2.73. The van der Waals surface area contributed by atoms with Crippen molar-refractivity contribution in [1.82, 2.24) is 20.2 Å². The van der Waals surface area contributed by atoms with Gasteiger partial charge in [-0.05, 0) is 42.9 Å². The molecule has 7 nitrogen and oxygen atoms in total. The molecule has 1 aliphatic heterocycles. The number of fused-ring (bicyclic) bond motifs is 1. The summed E-state index contributed by atoms with van der Waals surface area (Å²) in [5, 5.41) is 10.7. The standard InChI is InChI=1S/C20H23N5O2/c1-26-18-8-16-12-23-24-20(17(16)9-19(18)27-2)25-5-3-14(4-6-25)7-15-10-21-13-22-11-15/h8-14H,3-7H2,1-2H3. The minimum absolute atomic E-state index is 0.643. The SMILES string of the molecule is COc1cc2cnnc(N3CCC(Cc4cncnc4)CC3)c2cc1OC. The highest BCUT2D eigenvalue weighted by Gasteiger charge is 2.23. The van der Waals surface area contributed by atoms with Crippen LogP contribution in [0, 0.1) is 5.92 Å². The number of rotatable bonds is 5. The predicted octanol–water partition coefficient (Wildman–Crippen LogP) is 2.90. The molecule has 3 heterocycles. The Kier molecular flexibility index (Phi) is 5.00. The van der Waals surface area contributed by atoms with Gasteiger partial charge in [-0.15, -0.1) is 5.10 Å². The van der Waals surface area contributed by atoms with Gasteiger partial charge in [-0.2, -0.15) is 5.10 Å². The first-order valence-corrected chi connectivity index (χ1v) is 9.14. The van der Waals surface area contributed by atoms with Gasteiger partial charge in [0.15, 0.2) is 17.3 Å². The summed E-state index contributed by atoms with van der Waals surface area (Å²) >= 11 is 0. The zero-order chi connectivity index (χ0) is 18.6. The molecule has 0 unspecified atom stereocenters. The summed E-state index contributed by atoms with van der Waals surface area (Å²) in [6.07, 6.45) is 10.4. The molecule has 27 heavy (non-hydrogen) atoms. The molecular weight excluding hydrogens is 342 g/mol. The highest BCUT2D eigenvalue weighted by molar-refractivity contribution is 5.94. The van der Waals surface area contributed by atoms with Gasteiger partial charge < -0.3 is 14.4 Å². The summed E-state index contributed by atoms with van der Waals surface area (Å²) in [5.74, 6) is 2.96. The lowest BCUT2D eigenvalue weighted by molar-refractivity contribution is 0.356. The lowest BCUT2D eigenvalue weighted by atomic mass is 9.91. The molecule has 0 aliphatic carbocycles. The third-order valence-corrected chi connectivity index (χ3v) is 5.20. The number of benzene rings is 1. The Morgan fingerprint density at radius 3 is 2.41 bits per heavy atom. The zero-order valence-electron chi connectivity index (χ0n) is 15.6. The fraction of sp³-hybridized carbons (Fsp3) is 0.400. The van der Waals surface area contributed by atoms with Crippen molar-refractivity contribution >= 4 is 16.6 Å². The van der Waals surface area contributed by atoms with E-state index in [2.05, 4.69) is 25.1 Å². The van der Waals surface area contributed by atoms with Crippen molar-refractivity contribution in [2.24, 2.45) is 5.92 Å². The maximum atomic E-state index is 5.47. The second-order valence-corrected chi connectivity index (χ2v) is 6.84. The van der Waals surface area contributed by atoms with Crippen LogP contribution in [0.4, 0.5) is 5.82 Å². The van der Waals surface area contributed by atoms with Gasteiger partial charge in [0.05, 0.1) is 20.4 Å². The Balaban J connectivity index is 1.53. The molecule has 0 spiro atoms. The predicted molar refractivity (Wildman–Crippen MR) is 103 cm³/mol. The van der Waals surface area contributed by atoms with Gasteiger partial charge in [-0.25, -0.2) is 9.97 Å². The van der Waals surface area contributed by atoms with Crippen molar-refractivity contribution in [3.63, 3.8) is 0 Å². The van der Waals surface area contributed by atoms with E-state index in [-0.39, 0.29) is 0 Å². The van der Waals surface area contributed by atoms with Crippen LogP contribution in [-0.4, -0.2) is 47.5 Å². The minimum atomic E-state index is 0.643. The summed E-state index contributed by atoms with van der Waals surface area (Å²) in [6.45, 7) is 1.92. The van der Waals surface area contributed by atoms with E-state index in [4.69, 9.17) is 9.47 Å². The number of hydrogen-bond donors (Lipinski definition) is 0. The molecule has 140 valence electrons. The number of piperidine rings is 1. The van der Waals surface area contributed by atoms with Gasteiger partial charge in [0.1, 0.15) is 6.33 Å². The first kappa shape index (κ1) is 17.5. The summed E-state index contributed by atoms with van der Waals surface area (Å²) in [6, 6.07) is 3.94. The van der Waals surface area contributed by atoms with Crippen LogP contribution in [0.15, 0.2) is 37.1 Å². The van der Waals surface area contributed by atoms with Crippen molar-refractivity contribution < 1.29 is 9.47 Å². The first-order chi connectivity index (χ1) is 13.3. The largest absolute Gasteiger partial charge is 0.493 e. The molecule has 0 bridgehead atoms. The molecule has 4 rings (SSSR count). The van der Waals surface area contributed by atoms with Crippen molar-refractivity contribution in [2.75, 3.05) is 32.2 Å². The minimum Gasteiger partial charge on any atom is -0.493 e. The highest BCUT2D eigenvalue weighted by Crippen LogP contribution is 2.36. The van der Waals surface area contributed by atoms with E-state index < -0.39 is 0 Å². The lowest BCUT2D eigenvalue weighted by Crippen LogP contribution is -2.35. The number of ether oxygens (including phenoxy) is 2. The smallest absolute Gasteiger partial charge is 0.161 e. The molecule has 0 atom stereocenters. The van der Waals surface area contributed by atoms with Crippen LogP contribution in [0.25, 0.3) is 10.8 Å². The molecule has 7 heteroatoms. The van der Waals surface area contributed by atoms with Gasteiger partial charge in [-0.1, -0.05) is 0 Å². The van der Waals surface area contributed by atoms with Crippen LogP contribution in [-0.2, 0) is 6.42 Å². The van der Waals surface area contributed by atoms with Gasteiger partial charge in [0.2, 0.25) is 0 Å². The van der Waals surface area contributed by atoms with E-state index in [9.17, 15) is 0 Å². The van der Waals surface area contributed by atoms with Gasteiger partial charge in [0, 0.05) is 36.3 Å². The second-order valence-electron chi connectivity index (χ2n) is 6.84. The Hall–Kier alpha value is -2.96. The van der Waals surface area contributed by atoms with Crippen LogP contribution in [0.3, 0.4) is 0 Å². The van der Waals surface area contributed by atoms with Crippen LogP contribution < -0.4 is 14.4 Å². The number of aromatic nitrogens is 4. The van der Waals surface area contributed by atoms with Crippen molar-refractivity contribution in [2.45, 2.75) is 19.3 Å². The third-order valence-electron chi connectivity index (χ3n) is 5.20.